The Morgan fingerprint density at radius 1 is 1.37 bits per heavy atom. The molecule has 0 aliphatic heterocycles. The summed E-state index contributed by atoms with van der Waals surface area (Å²) in [6.07, 6.45) is 1.91. The second kappa shape index (κ2) is 7.91. The summed E-state index contributed by atoms with van der Waals surface area (Å²) in [4.78, 5) is 35.7. The highest BCUT2D eigenvalue weighted by atomic mass is 16.6. The summed E-state index contributed by atoms with van der Waals surface area (Å²) in [6, 6.07) is 8.21. The number of nitrogens with zero attached hydrogens (tertiary/aromatic N) is 5. The van der Waals surface area contributed by atoms with Crippen LogP contribution in [0.15, 0.2) is 57.2 Å². The molecule has 1 amide bonds. The molecule has 0 radical (unpaired) electrons. The Balaban J connectivity index is 1.84. The number of nitrogens with one attached hydrogen (secondary N) is 1. The van der Waals surface area contributed by atoms with Gasteiger partial charge in [0.1, 0.15) is 5.82 Å². The quantitative estimate of drug-likeness (QED) is 0.487. The van der Waals surface area contributed by atoms with Gasteiger partial charge in [-0.3, -0.25) is 19.4 Å². The number of aromatic nitrogens is 4. The van der Waals surface area contributed by atoms with Crippen molar-refractivity contribution in [3.8, 4) is 0 Å². The van der Waals surface area contributed by atoms with E-state index in [1.54, 1.807) is 30.5 Å². The Morgan fingerprint density at radius 3 is 2.89 bits per heavy atom. The first-order chi connectivity index (χ1) is 13.0. The van der Waals surface area contributed by atoms with Crippen molar-refractivity contribution in [1.29, 1.82) is 0 Å². The van der Waals surface area contributed by atoms with E-state index in [1.165, 1.54) is 23.9 Å². The minimum absolute atomic E-state index is 0.0370. The lowest BCUT2D eigenvalue weighted by Gasteiger charge is -2.06. The SMILES string of the molecule is Cn1c(/C(=N\OCc2cccc(NC(=O)O)n2)c2cccnc2)noc1=O. The van der Waals surface area contributed by atoms with Gasteiger partial charge in [0.25, 0.3) is 0 Å². The molecule has 27 heavy (non-hydrogen) atoms. The highest BCUT2D eigenvalue weighted by Gasteiger charge is 2.17. The summed E-state index contributed by atoms with van der Waals surface area (Å²) in [5.74, 6) is -0.308. The van der Waals surface area contributed by atoms with Gasteiger partial charge in [0.2, 0.25) is 5.82 Å². The molecule has 3 aromatic rings. The Hall–Kier alpha value is -4.02. The Bertz CT molecular complexity index is 1030. The summed E-state index contributed by atoms with van der Waals surface area (Å²) < 4.78 is 5.82. The fourth-order valence-electron chi connectivity index (χ4n) is 2.12. The summed E-state index contributed by atoms with van der Waals surface area (Å²) in [6.45, 7) is -0.0370. The average molecular weight is 370 g/mol. The lowest BCUT2D eigenvalue weighted by atomic mass is 10.2. The van der Waals surface area contributed by atoms with Crippen LogP contribution >= 0.6 is 0 Å². The third kappa shape index (κ3) is 4.34. The summed E-state index contributed by atoms with van der Waals surface area (Å²) in [5, 5.41) is 18.6. The van der Waals surface area contributed by atoms with Crippen LogP contribution in [-0.2, 0) is 18.5 Å². The second-order valence-corrected chi connectivity index (χ2v) is 5.23. The fraction of sp³-hybridized carbons (Fsp3) is 0.125. The zero-order chi connectivity index (χ0) is 19.2. The van der Waals surface area contributed by atoms with Gasteiger partial charge in [-0.2, -0.15) is 0 Å². The normalized spacial score (nSPS) is 11.2. The Labute approximate surface area is 151 Å². The van der Waals surface area contributed by atoms with Crippen LogP contribution in [0.5, 0.6) is 0 Å². The molecular weight excluding hydrogens is 356 g/mol. The zero-order valence-corrected chi connectivity index (χ0v) is 14.1. The summed E-state index contributed by atoms with van der Waals surface area (Å²) >= 11 is 0. The topological polar surface area (TPSA) is 145 Å². The van der Waals surface area contributed by atoms with Crippen molar-refractivity contribution in [2.75, 3.05) is 5.32 Å². The number of rotatable bonds is 6. The maximum Gasteiger partial charge on any atom is 0.441 e. The minimum atomic E-state index is -1.22. The number of hydrogen-bond acceptors (Lipinski definition) is 8. The van der Waals surface area contributed by atoms with Gasteiger partial charge >= 0.3 is 11.8 Å². The summed E-state index contributed by atoms with van der Waals surface area (Å²) in [7, 11) is 1.49. The predicted molar refractivity (Wildman–Crippen MR) is 92.3 cm³/mol. The molecule has 0 aliphatic carbocycles. The van der Waals surface area contributed by atoms with Gasteiger partial charge in [0, 0.05) is 25.0 Å². The number of oxime groups is 1. The molecule has 11 heteroatoms. The predicted octanol–water partition coefficient (Wildman–Crippen LogP) is 1.22. The molecule has 3 rings (SSSR count). The highest BCUT2D eigenvalue weighted by molar-refractivity contribution is 6.10. The molecule has 11 nitrogen and oxygen atoms in total. The van der Waals surface area contributed by atoms with Crippen molar-refractivity contribution >= 4 is 17.6 Å². The molecule has 138 valence electrons. The molecule has 0 bridgehead atoms. The standard InChI is InChI=1S/C16H14N6O5/c1-22-14(21-27-16(22)25)13(10-4-3-7-17-8-10)20-26-9-11-5-2-6-12(18-11)19-15(23)24/h2-8H,9H2,1H3,(H,18,19)(H,23,24)/b20-13-. The monoisotopic (exact) mass is 370 g/mol. The lowest BCUT2D eigenvalue weighted by molar-refractivity contribution is 0.128. The highest BCUT2D eigenvalue weighted by Crippen LogP contribution is 2.09. The number of anilines is 1. The Morgan fingerprint density at radius 2 is 2.22 bits per heavy atom. The van der Waals surface area contributed by atoms with E-state index in [0.29, 0.717) is 11.3 Å². The summed E-state index contributed by atoms with van der Waals surface area (Å²) in [5.41, 5.74) is 1.26. The fourth-order valence-corrected chi connectivity index (χ4v) is 2.12. The Kier molecular flexibility index (Phi) is 5.21. The van der Waals surface area contributed by atoms with Crippen molar-refractivity contribution in [1.82, 2.24) is 19.7 Å². The van der Waals surface area contributed by atoms with Gasteiger partial charge in [-0.25, -0.2) is 14.6 Å². The molecule has 0 atom stereocenters. The van der Waals surface area contributed by atoms with Gasteiger partial charge in [0.15, 0.2) is 12.3 Å². The van der Waals surface area contributed by atoms with Crippen molar-refractivity contribution in [3.05, 3.63) is 70.4 Å². The van der Waals surface area contributed by atoms with E-state index in [0.717, 1.165) is 0 Å². The minimum Gasteiger partial charge on any atom is -0.465 e. The first kappa shape index (κ1) is 17.8. The van der Waals surface area contributed by atoms with Crippen LogP contribution in [0, 0.1) is 0 Å². The largest absolute Gasteiger partial charge is 0.465 e. The maximum atomic E-state index is 11.6. The first-order valence-electron chi connectivity index (χ1n) is 7.64. The van der Waals surface area contributed by atoms with Crippen molar-refractivity contribution in [3.63, 3.8) is 0 Å². The smallest absolute Gasteiger partial charge is 0.441 e. The first-order valence-corrected chi connectivity index (χ1v) is 7.64. The number of hydrogen-bond donors (Lipinski definition) is 2. The molecule has 0 aliphatic rings. The van der Waals surface area contributed by atoms with Crippen LogP contribution in [0.25, 0.3) is 0 Å². The number of carboxylic acid groups (broad SMARTS) is 1. The number of carbonyl (C=O) groups is 1. The van der Waals surface area contributed by atoms with Crippen molar-refractivity contribution in [2.45, 2.75) is 6.61 Å². The van der Waals surface area contributed by atoms with Crippen molar-refractivity contribution < 1.29 is 19.3 Å². The van der Waals surface area contributed by atoms with E-state index in [-0.39, 0.29) is 24.0 Å². The number of amides is 1. The second-order valence-electron chi connectivity index (χ2n) is 5.23. The molecule has 3 aromatic heterocycles. The van der Waals surface area contributed by atoms with Gasteiger partial charge < -0.3 is 9.94 Å². The molecule has 0 fully saturated rings. The van der Waals surface area contributed by atoms with E-state index in [2.05, 4.69) is 30.1 Å². The van der Waals surface area contributed by atoms with Crippen molar-refractivity contribution in [2.24, 2.45) is 12.2 Å². The lowest BCUT2D eigenvalue weighted by Crippen LogP contribution is -2.18. The molecule has 3 heterocycles. The van der Waals surface area contributed by atoms with E-state index in [9.17, 15) is 9.59 Å². The van der Waals surface area contributed by atoms with E-state index < -0.39 is 11.8 Å². The zero-order valence-electron chi connectivity index (χ0n) is 14.1. The van der Waals surface area contributed by atoms with Crippen LogP contribution in [-0.4, -0.2) is 36.6 Å². The van der Waals surface area contributed by atoms with Gasteiger partial charge in [-0.15, -0.1) is 0 Å². The maximum absolute atomic E-state index is 11.6. The molecule has 2 N–H and O–H groups in total. The molecule has 0 unspecified atom stereocenters. The van der Waals surface area contributed by atoms with E-state index in [4.69, 9.17) is 9.94 Å². The number of pyridine rings is 2. The molecule has 0 spiro atoms. The molecular formula is C16H14N6O5. The average Bonchev–Trinajstić information content (AvgIpc) is 2.98. The van der Waals surface area contributed by atoms with Gasteiger partial charge in [-0.05, 0) is 24.3 Å². The van der Waals surface area contributed by atoms with Crippen LogP contribution in [0.2, 0.25) is 0 Å². The van der Waals surface area contributed by atoms with Crippen LogP contribution in [0.3, 0.4) is 0 Å². The van der Waals surface area contributed by atoms with Crippen LogP contribution in [0.1, 0.15) is 17.1 Å². The van der Waals surface area contributed by atoms with Crippen LogP contribution < -0.4 is 11.1 Å². The van der Waals surface area contributed by atoms with Gasteiger partial charge in [0.05, 0.1) is 5.69 Å². The third-order valence-corrected chi connectivity index (χ3v) is 3.36. The van der Waals surface area contributed by atoms with E-state index in [1.807, 2.05) is 0 Å². The van der Waals surface area contributed by atoms with Crippen LogP contribution in [0.4, 0.5) is 10.6 Å². The molecule has 0 saturated heterocycles. The third-order valence-electron chi connectivity index (χ3n) is 3.36. The molecule has 0 aromatic carbocycles. The molecule has 0 saturated carbocycles. The van der Waals surface area contributed by atoms with Gasteiger partial charge in [-0.1, -0.05) is 16.4 Å². The van der Waals surface area contributed by atoms with E-state index >= 15 is 0 Å².